The van der Waals surface area contributed by atoms with Gasteiger partial charge in [0, 0.05) is 19.1 Å². The van der Waals surface area contributed by atoms with Gasteiger partial charge in [-0.2, -0.15) is 0 Å². The van der Waals surface area contributed by atoms with Gasteiger partial charge < -0.3 is 4.74 Å². The second-order valence-corrected chi connectivity index (χ2v) is 5.34. The Kier molecular flexibility index (Phi) is 1.77. The van der Waals surface area contributed by atoms with Crippen molar-refractivity contribution in [2.24, 2.45) is 0 Å². The molecule has 1 aromatic rings. The lowest BCUT2D eigenvalue weighted by Crippen LogP contribution is -2.39. The summed E-state index contributed by atoms with van der Waals surface area (Å²) in [6.07, 6.45) is 4.46. The smallest absolute Gasteiger partial charge is 0.122 e. The zero-order valence-electron chi connectivity index (χ0n) is 9.43. The van der Waals surface area contributed by atoms with Crippen LogP contribution in [0.15, 0.2) is 30.3 Å². The summed E-state index contributed by atoms with van der Waals surface area (Å²) in [5.74, 6) is 0. The number of likely N-dealkylation sites (tertiary alicyclic amines) is 1. The van der Waals surface area contributed by atoms with E-state index in [0.29, 0.717) is 6.10 Å². The maximum Gasteiger partial charge on any atom is 0.122 e. The average molecular weight is 215 g/mol. The van der Waals surface area contributed by atoms with Gasteiger partial charge in [0.25, 0.3) is 0 Å². The number of hydrogen-bond donors (Lipinski definition) is 0. The van der Waals surface area contributed by atoms with Crippen molar-refractivity contribution in [2.75, 3.05) is 13.1 Å². The van der Waals surface area contributed by atoms with Gasteiger partial charge >= 0.3 is 0 Å². The fourth-order valence-corrected chi connectivity index (χ4v) is 3.13. The number of ether oxygens (including phenoxy) is 1. The summed E-state index contributed by atoms with van der Waals surface area (Å²) in [7, 11) is 0. The number of epoxide rings is 1. The number of fused-ring (bicyclic) bond motifs is 1. The van der Waals surface area contributed by atoms with Crippen LogP contribution in [0.25, 0.3) is 0 Å². The molecule has 1 saturated carbocycles. The molecule has 0 amide bonds. The van der Waals surface area contributed by atoms with Crippen LogP contribution in [0.5, 0.6) is 0 Å². The maximum absolute atomic E-state index is 6.02. The molecule has 2 nitrogen and oxygen atoms in total. The molecule has 1 aromatic carbocycles. The highest BCUT2D eigenvalue weighted by Crippen LogP contribution is 2.52. The molecule has 2 heterocycles. The summed E-state index contributed by atoms with van der Waals surface area (Å²) in [6.45, 7) is 2.37. The molecule has 2 saturated heterocycles. The summed E-state index contributed by atoms with van der Waals surface area (Å²) < 4.78 is 6.02. The molecule has 0 unspecified atom stereocenters. The lowest BCUT2D eigenvalue weighted by atomic mass is 9.89. The molecule has 0 spiro atoms. The van der Waals surface area contributed by atoms with E-state index >= 15 is 0 Å². The van der Waals surface area contributed by atoms with Crippen LogP contribution in [0.1, 0.15) is 24.8 Å². The Labute approximate surface area is 96.2 Å². The highest BCUT2D eigenvalue weighted by molar-refractivity contribution is 5.30. The third-order valence-electron chi connectivity index (χ3n) is 4.31. The van der Waals surface area contributed by atoms with Crippen LogP contribution < -0.4 is 0 Å². The van der Waals surface area contributed by atoms with E-state index in [-0.39, 0.29) is 5.60 Å². The number of hydrogen-bond acceptors (Lipinski definition) is 2. The van der Waals surface area contributed by atoms with Crippen LogP contribution in [0.3, 0.4) is 0 Å². The number of nitrogens with zero attached hydrogens (tertiary/aromatic N) is 1. The molecule has 1 aliphatic carbocycles. The number of piperidine rings is 1. The first kappa shape index (κ1) is 9.20. The first-order valence-electron chi connectivity index (χ1n) is 6.36. The first-order chi connectivity index (χ1) is 7.88. The first-order valence-corrected chi connectivity index (χ1v) is 6.36. The van der Waals surface area contributed by atoms with E-state index in [9.17, 15) is 0 Å². The van der Waals surface area contributed by atoms with Crippen molar-refractivity contribution >= 4 is 0 Å². The number of rotatable bonds is 2. The van der Waals surface area contributed by atoms with Crippen molar-refractivity contribution in [1.29, 1.82) is 0 Å². The Bertz CT molecular complexity index is 400. The van der Waals surface area contributed by atoms with E-state index in [1.165, 1.54) is 31.4 Å². The van der Waals surface area contributed by atoms with Crippen molar-refractivity contribution < 1.29 is 4.74 Å². The van der Waals surface area contributed by atoms with Gasteiger partial charge in [-0.3, -0.25) is 4.90 Å². The highest BCUT2D eigenvalue weighted by Gasteiger charge is 2.60. The highest BCUT2D eigenvalue weighted by atomic mass is 16.6. The molecular formula is C14H17NO. The molecule has 2 heteroatoms. The van der Waals surface area contributed by atoms with Gasteiger partial charge in [0.15, 0.2) is 0 Å². The Morgan fingerprint density at radius 1 is 1.19 bits per heavy atom. The zero-order chi connectivity index (χ0) is 10.6. The van der Waals surface area contributed by atoms with Crippen LogP contribution in [-0.2, 0) is 10.3 Å². The van der Waals surface area contributed by atoms with Gasteiger partial charge in [0.1, 0.15) is 11.7 Å². The minimum Gasteiger partial charge on any atom is -0.360 e. The van der Waals surface area contributed by atoms with Gasteiger partial charge in [-0.1, -0.05) is 30.3 Å². The summed E-state index contributed by atoms with van der Waals surface area (Å²) in [5.41, 5.74) is 1.47. The van der Waals surface area contributed by atoms with E-state index in [4.69, 9.17) is 4.74 Å². The SMILES string of the molecule is c1ccc([C@]23CCN(C4CC4)C[C@H]2O3)cc1. The van der Waals surface area contributed by atoms with Crippen molar-refractivity contribution in [2.45, 2.75) is 37.0 Å². The van der Waals surface area contributed by atoms with Crippen molar-refractivity contribution in [3.05, 3.63) is 35.9 Å². The van der Waals surface area contributed by atoms with Gasteiger partial charge in [-0.05, 0) is 24.8 Å². The Morgan fingerprint density at radius 3 is 2.69 bits per heavy atom. The van der Waals surface area contributed by atoms with Gasteiger partial charge in [0.05, 0.1) is 0 Å². The summed E-state index contributed by atoms with van der Waals surface area (Å²) in [5, 5.41) is 0. The van der Waals surface area contributed by atoms with E-state index in [2.05, 4.69) is 35.2 Å². The summed E-state index contributed by atoms with van der Waals surface area (Å²) >= 11 is 0. The Balaban J connectivity index is 1.55. The topological polar surface area (TPSA) is 15.8 Å². The third kappa shape index (κ3) is 1.26. The molecule has 0 aromatic heterocycles. The fourth-order valence-electron chi connectivity index (χ4n) is 3.13. The zero-order valence-corrected chi connectivity index (χ0v) is 9.43. The second-order valence-electron chi connectivity index (χ2n) is 5.34. The van der Waals surface area contributed by atoms with Crippen LogP contribution >= 0.6 is 0 Å². The van der Waals surface area contributed by atoms with Crippen molar-refractivity contribution in [3.8, 4) is 0 Å². The largest absolute Gasteiger partial charge is 0.360 e. The molecule has 16 heavy (non-hydrogen) atoms. The van der Waals surface area contributed by atoms with Gasteiger partial charge in [-0.25, -0.2) is 0 Å². The minimum atomic E-state index is 0.0899. The molecule has 2 aliphatic heterocycles. The van der Waals surface area contributed by atoms with E-state index in [0.717, 1.165) is 12.6 Å². The Morgan fingerprint density at radius 2 is 2.00 bits per heavy atom. The van der Waals surface area contributed by atoms with E-state index in [1.807, 2.05) is 0 Å². The molecule has 0 N–H and O–H groups in total. The maximum atomic E-state index is 6.02. The van der Waals surface area contributed by atoms with Crippen LogP contribution in [0, 0.1) is 0 Å². The Hall–Kier alpha value is -0.860. The van der Waals surface area contributed by atoms with Crippen molar-refractivity contribution in [1.82, 2.24) is 4.90 Å². The lowest BCUT2D eigenvalue weighted by Gasteiger charge is -2.28. The molecule has 0 bridgehead atoms. The monoisotopic (exact) mass is 215 g/mol. The normalized spacial score (nSPS) is 38.1. The molecule has 3 fully saturated rings. The van der Waals surface area contributed by atoms with Crippen molar-refractivity contribution in [3.63, 3.8) is 0 Å². The fraction of sp³-hybridized carbons (Fsp3) is 0.571. The molecular weight excluding hydrogens is 198 g/mol. The molecule has 2 atom stereocenters. The lowest BCUT2D eigenvalue weighted by molar-refractivity contribution is 0.216. The number of benzene rings is 1. The average Bonchev–Trinajstić information content (AvgIpc) is 3.22. The molecule has 4 rings (SSSR count). The standard InChI is InChI=1S/C14H17NO/c1-2-4-11(5-3-1)14-8-9-15(12-6-7-12)10-13(14)16-14/h1-5,12-13H,6-10H2/t13-,14-/m1/s1. The predicted molar refractivity (Wildman–Crippen MR) is 62.2 cm³/mol. The molecule has 84 valence electrons. The molecule has 0 radical (unpaired) electrons. The molecule has 3 aliphatic rings. The minimum absolute atomic E-state index is 0.0899. The van der Waals surface area contributed by atoms with Gasteiger partial charge in [-0.15, -0.1) is 0 Å². The van der Waals surface area contributed by atoms with E-state index in [1.54, 1.807) is 0 Å². The summed E-state index contributed by atoms with van der Waals surface area (Å²) in [6, 6.07) is 11.6. The summed E-state index contributed by atoms with van der Waals surface area (Å²) in [4.78, 5) is 2.62. The second kappa shape index (κ2) is 3.08. The quantitative estimate of drug-likeness (QED) is 0.703. The van der Waals surface area contributed by atoms with Crippen LogP contribution in [0.4, 0.5) is 0 Å². The van der Waals surface area contributed by atoms with E-state index < -0.39 is 0 Å². The van der Waals surface area contributed by atoms with Gasteiger partial charge in [0.2, 0.25) is 0 Å². The third-order valence-corrected chi connectivity index (χ3v) is 4.31. The van der Waals surface area contributed by atoms with Crippen LogP contribution in [0.2, 0.25) is 0 Å². The van der Waals surface area contributed by atoms with Crippen LogP contribution in [-0.4, -0.2) is 30.1 Å². The predicted octanol–water partition coefficient (Wildman–Crippen LogP) is 2.15.